The summed E-state index contributed by atoms with van der Waals surface area (Å²) >= 11 is 3.26. The van der Waals surface area contributed by atoms with Crippen molar-refractivity contribution in [1.82, 2.24) is 9.29 Å². The summed E-state index contributed by atoms with van der Waals surface area (Å²) in [4.78, 5) is 3.31. The molecule has 0 spiro atoms. The number of halogens is 1. The molecule has 0 fully saturated rings. The summed E-state index contributed by atoms with van der Waals surface area (Å²) in [5.41, 5.74) is 3.00. The van der Waals surface area contributed by atoms with Gasteiger partial charge in [0.05, 0.1) is 9.79 Å². The number of para-hydroxylation sites is 1. The lowest BCUT2D eigenvalue weighted by molar-refractivity contribution is 0.391. The van der Waals surface area contributed by atoms with Gasteiger partial charge in [-0.25, -0.2) is 16.8 Å². The number of sulfone groups is 1. The molecule has 1 aliphatic rings. The number of aromatic nitrogens is 1. The van der Waals surface area contributed by atoms with Crippen molar-refractivity contribution in [2.75, 3.05) is 12.8 Å². The number of aromatic amines is 1. The molecular weight excluding hydrogens is 452 g/mol. The highest BCUT2D eigenvalue weighted by atomic mass is 79.9. The van der Waals surface area contributed by atoms with Gasteiger partial charge in [0.1, 0.15) is 0 Å². The Morgan fingerprint density at radius 1 is 1.07 bits per heavy atom. The third-order valence-corrected chi connectivity index (χ3v) is 8.75. The van der Waals surface area contributed by atoms with Crippen LogP contribution in [-0.2, 0) is 32.8 Å². The first-order chi connectivity index (χ1) is 12.7. The Kier molecular flexibility index (Phi) is 4.45. The van der Waals surface area contributed by atoms with E-state index in [0.29, 0.717) is 17.4 Å². The summed E-state index contributed by atoms with van der Waals surface area (Å²) in [6.07, 6.45) is 1.64. The third-order valence-electron chi connectivity index (χ3n) is 4.80. The Balaban J connectivity index is 1.78. The summed E-state index contributed by atoms with van der Waals surface area (Å²) in [6.45, 7) is 0.578. The van der Waals surface area contributed by atoms with Crippen molar-refractivity contribution in [1.29, 1.82) is 0 Å². The molecule has 0 unspecified atom stereocenters. The topological polar surface area (TPSA) is 87.3 Å². The average Bonchev–Trinajstić information content (AvgIpc) is 2.98. The predicted octanol–water partition coefficient (Wildman–Crippen LogP) is 3.08. The van der Waals surface area contributed by atoms with Gasteiger partial charge >= 0.3 is 0 Å². The van der Waals surface area contributed by atoms with E-state index in [2.05, 4.69) is 20.9 Å². The Morgan fingerprint density at radius 2 is 1.81 bits per heavy atom. The number of fused-ring (bicyclic) bond motifs is 3. The van der Waals surface area contributed by atoms with Crippen LogP contribution in [-0.4, -0.2) is 38.9 Å². The van der Waals surface area contributed by atoms with Crippen molar-refractivity contribution >= 4 is 46.7 Å². The molecule has 2 heterocycles. The summed E-state index contributed by atoms with van der Waals surface area (Å²) in [5.74, 6) is 0. The van der Waals surface area contributed by atoms with E-state index in [-0.39, 0.29) is 16.3 Å². The van der Waals surface area contributed by atoms with E-state index < -0.39 is 19.9 Å². The number of nitrogens with one attached hydrogen (secondary N) is 1. The fourth-order valence-electron chi connectivity index (χ4n) is 3.40. The van der Waals surface area contributed by atoms with Gasteiger partial charge in [-0.1, -0.05) is 18.2 Å². The van der Waals surface area contributed by atoms with Crippen LogP contribution in [0.1, 0.15) is 11.3 Å². The SMILES string of the molecule is CS(=O)(=O)c1ccc(Br)c(S(=O)(=O)N2CCc3[nH]c4ccccc4c3C2)c1. The standard InChI is InChI=1S/C18H17BrN2O4S2/c1-26(22,23)12-6-7-15(19)18(10-12)27(24,25)21-9-8-17-14(11-21)13-4-2-3-5-16(13)20-17/h2-7,10,20H,8-9,11H2,1H3. The summed E-state index contributed by atoms with van der Waals surface area (Å²) in [6, 6.07) is 11.9. The fraction of sp³-hybridized carbons (Fsp3) is 0.222. The molecule has 2 aromatic carbocycles. The molecule has 0 bridgehead atoms. The normalized spacial score (nSPS) is 15.8. The zero-order chi connectivity index (χ0) is 19.4. The molecule has 0 radical (unpaired) electrons. The van der Waals surface area contributed by atoms with Crippen LogP contribution in [0.5, 0.6) is 0 Å². The highest BCUT2D eigenvalue weighted by molar-refractivity contribution is 9.10. The maximum atomic E-state index is 13.2. The zero-order valence-electron chi connectivity index (χ0n) is 14.4. The van der Waals surface area contributed by atoms with Crippen LogP contribution in [0.4, 0.5) is 0 Å². The van der Waals surface area contributed by atoms with Crippen LogP contribution in [0, 0.1) is 0 Å². The average molecular weight is 469 g/mol. The lowest BCUT2D eigenvalue weighted by Gasteiger charge is -2.27. The van der Waals surface area contributed by atoms with Crippen molar-refractivity contribution in [2.24, 2.45) is 0 Å². The number of hydrogen-bond acceptors (Lipinski definition) is 4. The molecule has 142 valence electrons. The Hall–Kier alpha value is -1.68. The van der Waals surface area contributed by atoms with E-state index in [1.165, 1.54) is 22.5 Å². The predicted molar refractivity (Wildman–Crippen MR) is 107 cm³/mol. The van der Waals surface area contributed by atoms with Gasteiger partial charge in [0.25, 0.3) is 0 Å². The molecule has 0 aliphatic carbocycles. The Bertz CT molecular complexity index is 1260. The molecule has 27 heavy (non-hydrogen) atoms. The smallest absolute Gasteiger partial charge is 0.244 e. The van der Waals surface area contributed by atoms with Gasteiger partial charge in [-0.15, -0.1) is 0 Å². The maximum Gasteiger partial charge on any atom is 0.244 e. The van der Waals surface area contributed by atoms with E-state index in [1.54, 1.807) is 0 Å². The van der Waals surface area contributed by atoms with Gasteiger partial charge in [0.15, 0.2) is 9.84 Å². The van der Waals surface area contributed by atoms with E-state index in [1.807, 2.05) is 24.3 Å². The largest absolute Gasteiger partial charge is 0.358 e. The van der Waals surface area contributed by atoms with Gasteiger partial charge in [-0.3, -0.25) is 0 Å². The molecule has 0 saturated carbocycles. The molecule has 3 aromatic rings. The maximum absolute atomic E-state index is 13.2. The molecule has 1 aromatic heterocycles. The number of benzene rings is 2. The molecule has 0 amide bonds. The zero-order valence-corrected chi connectivity index (χ0v) is 17.7. The number of nitrogens with zero attached hydrogens (tertiary/aromatic N) is 1. The van der Waals surface area contributed by atoms with Crippen molar-refractivity contribution in [3.63, 3.8) is 0 Å². The molecule has 1 aliphatic heterocycles. The van der Waals surface area contributed by atoms with Gasteiger partial charge in [-0.2, -0.15) is 4.31 Å². The van der Waals surface area contributed by atoms with Crippen molar-refractivity contribution < 1.29 is 16.8 Å². The monoisotopic (exact) mass is 468 g/mol. The van der Waals surface area contributed by atoms with Crippen LogP contribution in [0.3, 0.4) is 0 Å². The molecule has 9 heteroatoms. The van der Waals surface area contributed by atoms with E-state index in [0.717, 1.165) is 28.4 Å². The van der Waals surface area contributed by atoms with Crippen LogP contribution in [0.2, 0.25) is 0 Å². The number of sulfonamides is 1. The number of hydrogen-bond donors (Lipinski definition) is 1. The van der Waals surface area contributed by atoms with Gasteiger partial charge in [0, 0.05) is 46.8 Å². The first kappa shape index (κ1) is 18.7. The first-order valence-corrected chi connectivity index (χ1v) is 12.4. The third kappa shape index (κ3) is 3.22. The lowest BCUT2D eigenvalue weighted by Crippen LogP contribution is -2.36. The Labute approximate surface area is 166 Å². The molecule has 1 N–H and O–H groups in total. The number of rotatable bonds is 3. The second-order valence-corrected chi connectivity index (χ2v) is 11.4. The van der Waals surface area contributed by atoms with E-state index >= 15 is 0 Å². The highest BCUT2D eigenvalue weighted by Gasteiger charge is 2.32. The lowest BCUT2D eigenvalue weighted by atomic mass is 10.1. The van der Waals surface area contributed by atoms with E-state index in [4.69, 9.17) is 0 Å². The summed E-state index contributed by atoms with van der Waals surface area (Å²) < 4.78 is 51.9. The molecule has 6 nitrogen and oxygen atoms in total. The number of H-pyrrole nitrogens is 1. The van der Waals surface area contributed by atoms with Crippen LogP contribution in [0.25, 0.3) is 10.9 Å². The summed E-state index contributed by atoms with van der Waals surface area (Å²) in [7, 11) is -7.37. The molecule has 0 saturated heterocycles. The second-order valence-electron chi connectivity index (χ2n) is 6.58. The minimum Gasteiger partial charge on any atom is -0.358 e. The van der Waals surface area contributed by atoms with Crippen LogP contribution < -0.4 is 0 Å². The van der Waals surface area contributed by atoms with Crippen molar-refractivity contribution in [2.45, 2.75) is 22.8 Å². The highest BCUT2D eigenvalue weighted by Crippen LogP contribution is 2.33. The van der Waals surface area contributed by atoms with Gasteiger partial charge in [-0.05, 0) is 45.8 Å². The molecular formula is C18H17BrN2O4S2. The minimum atomic E-state index is -3.86. The second kappa shape index (κ2) is 6.44. The van der Waals surface area contributed by atoms with Gasteiger partial charge < -0.3 is 4.98 Å². The van der Waals surface area contributed by atoms with E-state index in [9.17, 15) is 16.8 Å². The molecule has 4 rings (SSSR count). The quantitative estimate of drug-likeness (QED) is 0.639. The first-order valence-electron chi connectivity index (χ1n) is 8.26. The fourth-order valence-corrected chi connectivity index (χ4v) is 6.48. The van der Waals surface area contributed by atoms with Crippen LogP contribution >= 0.6 is 15.9 Å². The van der Waals surface area contributed by atoms with Crippen molar-refractivity contribution in [3.8, 4) is 0 Å². The minimum absolute atomic E-state index is 0.0194. The summed E-state index contributed by atoms with van der Waals surface area (Å²) in [5, 5.41) is 1.01. The van der Waals surface area contributed by atoms with Crippen LogP contribution in [0.15, 0.2) is 56.7 Å². The molecule has 0 atom stereocenters. The van der Waals surface area contributed by atoms with Crippen molar-refractivity contribution in [3.05, 3.63) is 58.2 Å². The van der Waals surface area contributed by atoms with Gasteiger partial charge in [0.2, 0.25) is 10.0 Å². The Morgan fingerprint density at radius 3 is 2.56 bits per heavy atom.